The molecule has 1 aliphatic rings. The molecular weight excluding hydrogens is 198 g/mol. The van der Waals surface area contributed by atoms with Gasteiger partial charge in [0.15, 0.2) is 5.96 Å². The number of nitrogens with one attached hydrogen (secondary N) is 1. The maximum Gasteiger partial charge on any atom is 0.189 e. The summed E-state index contributed by atoms with van der Waals surface area (Å²) in [6, 6.07) is 8.75. The van der Waals surface area contributed by atoms with Gasteiger partial charge in [-0.25, -0.2) is 4.99 Å². The second kappa shape index (κ2) is 4.56. The maximum atomic E-state index is 5.73. The van der Waals surface area contributed by atoms with Crippen LogP contribution in [0, 0.1) is 0 Å². The van der Waals surface area contributed by atoms with E-state index in [2.05, 4.69) is 48.4 Å². The normalized spacial score (nSPS) is 20.4. The van der Waals surface area contributed by atoms with Crippen LogP contribution in [0.5, 0.6) is 0 Å². The van der Waals surface area contributed by atoms with Gasteiger partial charge in [0.2, 0.25) is 0 Å². The standard InChI is InChI=1S/C13H19N3/c1-9(2)10-5-3-4-6-11(10)12-7-8-15-13(14)16-12/h3-6,9,12H,7-8H2,1-2H3,(H3,14,15,16). The Bertz CT molecular complexity index is 396. The van der Waals surface area contributed by atoms with Gasteiger partial charge in [0.1, 0.15) is 0 Å². The van der Waals surface area contributed by atoms with Crippen molar-refractivity contribution in [2.75, 3.05) is 6.54 Å². The number of guanidine groups is 1. The van der Waals surface area contributed by atoms with E-state index in [1.54, 1.807) is 0 Å². The van der Waals surface area contributed by atoms with Crippen molar-refractivity contribution in [2.24, 2.45) is 10.7 Å². The molecule has 0 aromatic heterocycles. The lowest BCUT2D eigenvalue weighted by molar-refractivity contribution is 0.592. The zero-order valence-electron chi connectivity index (χ0n) is 9.90. The second-order valence-electron chi connectivity index (χ2n) is 4.53. The highest BCUT2D eigenvalue weighted by Crippen LogP contribution is 2.29. The number of hydrogen-bond donors (Lipinski definition) is 2. The summed E-state index contributed by atoms with van der Waals surface area (Å²) in [7, 11) is 0. The number of rotatable bonds is 2. The predicted octanol–water partition coefficient (Wildman–Crippen LogP) is 2.16. The number of aliphatic imine (C=N–C) groups is 1. The molecule has 1 heterocycles. The van der Waals surface area contributed by atoms with Gasteiger partial charge >= 0.3 is 0 Å². The number of hydrogen-bond acceptors (Lipinski definition) is 3. The van der Waals surface area contributed by atoms with Crippen molar-refractivity contribution in [1.29, 1.82) is 0 Å². The Hall–Kier alpha value is -1.51. The van der Waals surface area contributed by atoms with Gasteiger partial charge in [-0.05, 0) is 23.5 Å². The minimum atomic E-state index is 0.222. The van der Waals surface area contributed by atoms with Crippen LogP contribution in [-0.4, -0.2) is 12.5 Å². The first-order valence-corrected chi connectivity index (χ1v) is 5.84. The fourth-order valence-corrected chi connectivity index (χ4v) is 2.18. The molecule has 0 spiro atoms. The zero-order valence-corrected chi connectivity index (χ0v) is 9.90. The summed E-state index contributed by atoms with van der Waals surface area (Å²) in [5.74, 6) is 1.09. The van der Waals surface area contributed by atoms with Crippen LogP contribution in [0.3, 0.4) is 0 Å². The Morgan fingerprint density at radius 3 is 2.81 bits per heavy atom. The largest absolute Gasteiger partial charge is 0.370 e. The third-order valence-electron chi connectivity index (χ3n) is 3.00. The first-order valence-electron chi connectivity index (χ1n) is 5.84. The van der Waals surface area contributed by atoms with Crippen LogP contribution in [0.2, 0.25) is 0 Å². The van der Waals surface area contributed by atoms with Crippen LogP contribution in [0.15, 0.2) is 29.3 Å². The lowest BCUT2D eigenvalue weighted by Crippen LogP contribution is -2.37. The van der Waals surface area contributed by atoms with Crippen molar-refractivity contribution in [3.63, 3.8) is 0 Å². The first kappa shape index (κ1) is 11.0. The highest BCUT2D eigenvalue weighted by molar-refractivity contribution is 5.78. The summed E-state index contributed by atoms with van der Waals surface area (Å²) in [5, 5.41) is 3.06. The van der Waals surface area contributed by atoms with Crippen LogP contribution in [-0.2, 0) is 0 Å². The Balaban J connectivity index is 2.36. The van der Waals surface area contributed by atoms with Crippen molar-refractivity contribution < 1.29 is 0 Å². The Morgan fingerprint density at radius 1 is 1.38 bits per heavy atom. The van der Waals surface area contributed by atoms with E-state index >= 15 is 0 Å². The molecule has 16 heavy (non-hydrogen) atoms. The summed E-state index contributed by atoms with van der Waals surface area (Å²) < 4.78 is 0. The molecule has 0 aliphatic carbocycles. The topological polar surface area (TPSA) is 50.4 Å². The van der Waals surface area contributed by atoms with E-state index in [-0.39, 0.29) is 6.04 Å². The molecule has 0 fully saturated rings. The Labute approximate surface area is 96.8 Å². The van der Waals surface area contributed by atoms with Gasteiger partial charge in [0, 0.05) is 6.54 Å². The molecule has 3 heteroatoms. The van der Waals surface area contributed by atoms with Gasteiger partial charge in [-0.2, -0.15) is 0 Å². The lowest BCUT2D eigenvalue weighted by Gasteiger charge is -2.23. The number of nitrogens with two attached hydrogens (primary N) is 1. The molecular formula is C13H19N3. The smallest absolute Gasteiger partial charge is 0.189 e. The van der Waals surface area contributed by atoms with Gasteiger partial charge in [-0.3, -0.25) is 0 Å². The molecule has 1 aromatic rings. The highest BCUT2D eigenvalue weighted by atomic mass is 15.1. The van der Waals surface area contributed by atoms with Crippen LogP contribution >= 0.6 is 0 Å². The molecule has 1 aromatic carbocycles. The molecule has 1 atom stereocenters. The SMILES string of the molecule is CC(C)c1ccccc1C1CCNC(N)=N1. The summed E-state index contributed by atoms with van der Waals surface area (Å²) in [5.41, 5.74) is 8.43. The van der Waals surface area contributed by atoms with Gasteiger partial charge in [0.05, 0.1) is 6.04 Å². The monoisotopic (exact) mass is 217 g/mol. The summed E-state index contributed by atoms with van der Waals surface area (Å²) >= 11 is 0. The van der Waals surface area contributed by atoms with Crippen molar-refractivity contribution in [2.45, 2.75) is 32.2 Å². The van der Waals surface area contributed by atoms with Crippen molar-refractivity contribution in [3.8, 4) is 0 Å². The van der Waals surface area contributed by atoms with E-state index in [9.17, 15) is 0 Å². The third-order valence-corrected chi connectivity index (χ3v) is 3.00. The number of benzene rings is 1. The van der Waals surface area contributed by atoms with Crippen LogP contribution in [0.25, 0.3) is 0 Å². The molecule has 0 saturated carbocycles. The van der Waals surface area contributed by atoms with Gasteiger partial charge in [-0.15, -0.1) is 0 Å². The van der Waals surface area contributed by atoms with E-state index in [0.29, 0.717) is 11.9 Å². The molecule has 0 amide bonds. The summed E-state index contributed by atoms with van der Waals surface area (Å²) in [6.45, 7) is 5.34. The van der Waals surface area contributed by atoms with E-state index in [0.717, 1.165) is 13.0 Å². The molecule has 0 saturated heterocycles. The number of nitrogens with zero attached hydrogens (tertiary/aromatic N) is 1. The molecule has 0 bridgehead atoms. The van der Waals surface area contributed by atoms with Gasteiger partial charge in [-0.1, -0.05) is 38.1 Å². The van der Waals surface area contributed by atoms with Crippen LogP contribution in [0.4, 0.5) is 0 Å². The van der Waals surface area contributed by atoms with E-state index in [4.69, 9.17) is 5.73 Å². The second-order valence-corrected chi connectivity index (χ2v) is 4.53. The lowest BCUT2D eigenvalue weighted by atomic mass is 9.91. The third kappa shape index (κ3) is 2.18. The zero-order chi connectivity index (χ0) is 11.5. The quantitative estimate of drug-likeness (QED) is 0.797. The molecule has 3 nitrogen and oxygen atoms in total. The molecule has 3 N–H and O–H groups in total. The fraction of sp³-hybridized carbons (Fsp3) is 0.462. The van der Waals surface area contributed by atoms with Crippen LogP contribution < -0.4 is 11.1 Å². The Kier molecular flexibility index (Phi) is 3.13. The molecule has 86 valence electrons. The van der Waals surface area contributed by atoms with Crippen molar-refractivity contribution >= 4 is 5.96 Å². The first-order chi connectivity index (χ1) is 7.68. The average molecular weight is 217 g/mol. The highest BCUT2D eigenvalue weighted by Gasteiger charge is 2.18. The molecule has 1 unspecified atom stereocenters. The van der Waals surface area contributed by atoms with Crippen LogP contribution in [0.1, 0.15) is 43.4 Å². The maximum absolute atomic E-state index is 5.73. The Morgan fingerprint density at radius 2 is 2.12 bits per heavy atom. The summed E-state index contributed by atoms with van der Waals surface area (Å²) in [6.07, 6.45) is 1.02. The predicted molar refractivity (Wildman–Crippen MR) is 67.5 cm³/mol. The average Bonchev–Trinajstić information content (AvgIpc) is 2.29. The minimum Gasteiger partial charge on any atom is -0.370 e. The van der Waals surface area contributed by atoms with Gasteiger partial charge < -0.3 is 11.1 Å². The van der Waals surface area contributed by atoms with E-state index in [1.165, 1.54) is 11.1 Å². The molecule has 1 aliphatic heterocycles. The van der Waals surface area contributed by atoms with Gasteiger partial charge in [0.25, 0.3) is 0 Å². The van der Waals surface area contributed by atoms with E-state index < -0.39 is 0 Å². The fourth-order valence-electron chi connectivity index (χ4n) is 2.18. The van der Waals surface area contributed by atoms with Crippen molar-refractivity contribution in [3.05, 3.63) is 35.4 Å². The minimum absolute atomic E-state index is 0.222. The molecule has 2 rings (SSSR count). The molecule has 0 radical (unpaired) electrons. The van der Waals surface area contributed by atoms with E-state index in [1.807, 2.05) is 0 Å². The summed E-state index contributed by atoms with van der Waals surface area (Å²) in [4.78, 5) is 4.48. The van der Waals surface area contributed by atoms with Crippen molar-refractivity contribution in [1.82, 2.24) is 5.32 Å².